The third kappa shape index (κ3) is 3.34. The molecule has 0 aromatic carbocycles. The van der Waals surface area contributed by atoms with Gasteiger partial charge in [-0.1, -0.05) is 27.2 Å². The summed E-state index contributed by atoms with van der Waals surface area (Å²) < 4.78 is 1.99. The summed E-state index contributed by atoms with van der Waals surface area (Å²) in [5, 5.41) is 7.90. The van der Waals surface area contributed by atoms with E-state index in [-0.39, 0.29) is 0 Å². The van der Waals surface area contributed by atoms with Crippen molar-refractivity contribution >= 4 is 0 Å². The van der Waals surface area contributed by atoms with Crippen LogP contribution in [0, 0.1) is 5.92 Å². The van der Waals surface area contributed by atoms with Crippen molar-refractivity contribution in [1.29, 1.82) is 0 Å². The Morgan fingerprint density at radius 1 is 1.38 bits per heavy atom. The molecule has 0 aliphatic rings. The average Bonchev–Trinajstić information content (AvgIpc) is 2.66. The molecule has 2 atom stereocenters. The van der Waals surface area contributed by atoms with E-state index in [1.165, 1.54) is 25.0 Å². The first kappa shape index (κ1) is 13.2. The maximum absolute atomic E-state index is 4.26. The van der Waals surface area contributed by atoms with Crippen LogP contribution in [0.4, 0.5) is 0 Å². The zero-order chi connectivity index (χ0) is 12.0. The summed E-state index contributed by atoms with van der Waals surface area (Å²) in [7, 11) is 2.02. The van der Waals surface area contributed by atoms with Crippen LogP contribution < -0.4 is 5.32 Å². The van der Waals surface area contributed by atoms with Crippen LogP contribution in [0.15, 0.2) is 12.3 Å². The second kappa shape index (κ2) is 6.69. The van der Waals surface area contributed by atoms with Crippen molar-refractivity contribution < 1.29 is 0 Å². The topological polar surface area (TPSA) is 29.9 Å². The summed E-state index contributed by atoms with van der Waals surface area (Å²) in [5.41, 5.74) is 1.30. The number of hydrogen-bond donors (Lipinski definition) is 1. The fourth-order valence-corrected chi connectivity index (χ4v) is 2.21. The van der Waals surface area contributed by atoms with E-state index in [4.69, 9.17) is 0 Å². The molecule has 0 amide bonds. The van der Waals surface area contributed by atoms with Crippen LogP contribution in [0.25, 0.3) is 0 Å². The van der Waals surface area contributed by atoms with E-state index in [1.54, 1.807) is 0 Å². The number of aryl methyl sites for hydroxylation is 1. The van der Waals surface area contributed by atoms with E-state index >= 15 is 0 Å². The monoisotopic (exact) mass is 223 g/mol. The molecule has 1 heterocycles. The number of nitrogens with zero attached hydrogens (tertiary/aromatic N) is 2. The van der Waals surface area contributed by atoms with Crippen molar-refractivity contribution in [3.05, 3.63) is 18.0 Å². The van der Waals surface area contributed by atoms with Gasteiger partial charge in [0.15, 0.2) is 0 Å². The summed E-state index contributed by atoms with van der Waals surface area (Å²) in [6, 6.07) is 2.56. The van der Waals surface area contributed by atoms with Gasteiger partial charge in [0, 0.05) is 13.2 Å². The normalized spacial score (nSPS) is 15.0. The number of aromatic nitrogens is 2. The maximum atomic E-state index is 4.26. The first-order valence-corrected chi connectivity index (χ1v) is 6.42. The Kier molecular flexibility index (Phi) is 5.53. The first-order valence-electron chi connectivity index (χ1n) is 6.42. The highest BCUT2D eigenvalue weighted by atomic mass is 15.3. The predicted octanol–water partition coefficient (Wildman–Crippen LogP) is 2.90. The van der Waals surface area contributed by atoms with Gasteiger partial charge in [0.1, 0.15) is 0 Å². The van der Waals surface area contributed by atoms with Gasteiger partial charge in [-0.25, -0.2) is 0 Å². The molecule has 0 saturated heterocycles. The first-order chi connectivity index (χ1) is 7.70. The minimum absolute atomic E-state index is 0.437. The third-order valence-electron chi connectivity index (χ3n) is 3.10. The lowest BCUT2D eigenvalue weighted by atomic mass is 9.94. The highest BCUT2D eigenvalue weighted by Gasteiger charge is 2.20. The third-order valence-corrected chi connectivity index (χ3v) is 3.10. The van der Waals surface area contributed by atoms with Crippen LogP contribution in [-0.2, 0) is 7.05 Å². The molecule has 0 radical (unpaired) electrons. The van der Waals surface area contributed by atoms with Gasteiger partial charge in [0.2, 0.25) is 0 Å². The number of nitrogens with one attached hydrogen (secondary N) is 1. The minimum atomic E-state index is 0.437. The molecule has 0 bridgehead atoms. The number of hydrogen-bond acceptors (Lipinski definition) is 2. The molecular weight excluding hydrogens is 198 g/mol. The molecule has 2 unspecified atom stereocenters. The largest absolute Gasteiger partial charge is 0.308 e. The average molecular weight is 223 g/mol. The second-order valence-corrected chi connectivity index (χ2v) is 4.58. The van der Waals surface area contributed by atoms with Gasteiger partial charge in [-0.05, 0) is 31.4 Å². The van der Waals surface area contributed by atoms with Crippen molar-refractivity contribution in [3.8, 4) is 0 Å². The standard InChI is InChI=1S/C13H25N3/c1-5-7-11(3)13(14-9-6-2)12-8-10-15-16(12)4/h8,10-11,13-14H,5-7,9H2,1-4H3. The molecule has 0 aliphatic heterocycles. The van der Waals surface area contributed by atoms with E-state index in [2.05, 4.69) is 37.3 Å². The quantitative estimate of drug-likeness (QED) is 0.770. The van der Waals surface area contributed by atoms with E-state index < -0.39 is 0 Å². The zero-order valence-electron chi connectivity index (χ0n) is 11.0. The molecule has 1 rings (SSSR count). The Morgan fingerprint density at radius 2 is 2.12 bits per heavy atom. The van der Waals surface area contributed by atoms with Crippen LogP contribution in [0.2, 0.25) is 0 Å². The summed E-state index contributed by atoms with van der Waals surface area (Å²) in [6.07, 6.45) is 5.55. The van der Waals surface area contributed by atoms with Crippen LogP contribution >= 0.6 is 0 Å². The Bertz CT molecular complexity index is 293. The Balaban J connectivity index is 2.74. The van der Waals surface area contributed by atoms with Crippen LogP contribution in [0.5, 0.6) is 0 Å². The van der Waals surface area contributed by atoms with Gasteiger partial charge < -0.3 is 5.32 Å². The van der Waals surface area contributed by atoms with Crippen molar-refractivity contribution in [2.75, 3.05) is 6.54 Å². The molecule has 1 aromatic heterocycles. The maximum Gasteiger partial charge on any atom is 0.0553 e. The van der Waals surface area contributed by atoms with Crippen molar-refractivity contribution in [2.24, 2.45) is 13.0 Å². The summed E-state index contributed by atoms with van der Waals surface area (Å²) in [6.45, 7) is 7.85. The lowest BCUT2D eigenvalue weighted by Gasteiger charge is -2.25. The molecule has 16 heavy (non-hydrogen) atoms. The van der Waals surface area contributed by atoms with Gasteiger partial charge in [-0.2, -0.15) is 5.10 Å². The molecular formula is C13H25N3. The highest BCUT2D eigenvalue weighted by molar-refractivity contribution is 5.07. The molecule has 1 aromatic rings. The Morgan fingerprint density at radius 3 is 2.62 bits per heavy atom. The summed E-state index contributed by atoms with van der Waals surface area (Å²) in [4.78, 5) is 0. The van der Waals surface area contributed by atoms with Crippen LogP contribution in [0.1, 0.15) is 51.8 Å². The summed E-state index contributed by atoms with van der Waals surface area (Å²) in [5.74, 6) is 0.659. The lowest BCUT2D eigenvalue weighted by molar-refractivity contribution is 0.347. The van der Waals surface area contributed by atoms with Gasteiger partial charge in [0.25, 0.3) is 0 Å². The smallest absolute Gasteiger partial charge is 0.0553 e. The molecule has 0 saturated carbocycles. The molecule has 0 aliphatic carbocycles. The van der Waals surface area contributed by atoms with Gasteiger partial charge in [0.05, 0.1) is 11.7 Å². The number of rotatable bonds is 7. The fourth-order valence-electron chi connectivity index (χ4n) is 2.21. The van der Waals surface area contributed by atoms with Crippen LogP contribution in [0.3, 0.4) is 0 Å². The van der Waals surface area contributed by atoms with Gasteiger partial charge in [-0.3, -0.25) is 4.68 Å². The van der Waals surface area contributed by atoms with Crippen molar-refractivity contribution in [2.45, 2.75) is 46.1 Å². The fraction of sp³-hybridized carbons (Fsp3) is 0.769. The summed E-state index contributed by atoms with van der Waals surface area (Å²) >= 11 is 0. The molecule has 0 spiro atoms. The van der Waals surface area contributed by atoms with E-state index in [9.17, 15) is 0 Å². The second-order valence-electron chi connectivity index (χ2n) is 4.58. The van der Waals surface area contributed by atoms with E-state index in [1.807, 2.05) is 17.9 Å². The predicted molar refractivity (Wildman–Crippen MR) is 68.3 cm³/mol. The Labute approximate surface area is 99.2 Å². The molecule has 3 heteroatoms. The van der Waals surface area contributed by atoms with E-state index in [0.717, 1.165) is 6.54 Å². The molecule has 3 nitrogen and oxygen atoms in total. The minimum Gasteiger partial charge on any atom is -0.308 e. The van der Waals surface area contributed by atoms with Gasteiger partial charge in [-0.15, -0.1) is 0 Å². The molecule has 1 N–H and O–H groups in total. The Hall–Kier alpha value is -0.830. The van der Waals surface area contributed by atoms with Gasteiger partial charge >= 0.3 is 0 Å². The molecule has 92 valence electrons. The van der Waals surface area contributed by atoms with Crippen LogP contribution in [-0.4, -0.2) is 16.3 Å². The van der Waals surface area contributed by atoms with E-state index in [0.29, 0.717) is 12.0 Å². The zero-order valence-corrected chi connectivity index (χ0v) is 11.0. The van der Waals surface area contributed by atoms with Crippen molar-refractivity contribution in [1.82, 2.24) is 15.1 Å². The highest BCUT2D eigenvalue weighted by Crippen LogP contribution is 2.24. The molecule has 0 fully saturated rings. The SMILES string of the molecule is CCCNC(c1ccnn1C)C(C)CCC. The lowest BCUT2D eigenvalue weighted by Crippen LogP contribution is -2.29. The van der Waals surface area contributed by atoms with Crippen molar-refractivity contribution in [3.63, 3.8) is 0 Å².